The second-order valence-electron chi connectivity index (χ2n) is 8.09. The quantitative estimate of drug-likeness (QED) is 0.845. The lowest BCUT2D eigenvalue weighted by molar-refractivity contribution is -0.140. The molecule has 1 N–H and O–H groups in total. The summed E-state index contributed by atoms with van der Waals surface area (Å²) in [5.41, 5.74) is 0. The van der Waals surface area contributed by atoms with Crippen LogP contribution in [0.25, 0.3) is 0 Å². The highest BCUT2D eigenvalue weighted by molar-refractivity contribution is 5.83. The van der Waals surface area contributed by atoms with Crippen LogP contribution in [0.1, 0.15) is 49.7 Å². The Morgan fingerprint density at radius 1 is 1.00 bits per heavy atom. The minimum atomic E-state index is -0.0979. The van der Waals surface area contributed by atoms with Crippen LogP contribution in [-0.4, -0.2) is 71.0 Å². The van der Waals surface area contributed by atoms with Crippen molar-refractivity contribution >= 4 is 11.8 Å². The highest BCUT2D eigenvalue weighted by atomic mass is 16.5. The molecule has 3 aliphatic heterocycles. The Labute approximate surface area is 159 Å². The van der Waals surface area contributed by atoms with Crippen LogP contribution in [0.3, 0.4) is 0 Å². The molecule has 0 bridgehead atoms. The predicted molar refractivity (Wildman–Crippen MR) is 97.9 cm³/mol. The summed E-state index contributed by atoms with van der Waals surface area (Å²) in [6.07, 6.45) is 4.60. The van der Waals surface area contributed by atoms with Gasteiger partial charge in [0, 0.05) is 52.1 Å². The topological polar surface area (TPSA) is 91.6 Å². The molecule has 0 radical (unpaired) electrons. The number of nitrogens with one attached hydrogen (secondary N) is 1. The Hall–Kier alpha value is -1.96. The summed E-state index contributed by atoms with van der Waals surface area (Å²) < 4.78 is 5.08. The number of rotatable bonds is 3. The van der Waals surface area contributed by atoms with Crippen LogP contribution in [-0.2, 0) is 9.59 Å². The van der Waals surface area contributed by atoms with E-state index in [1.807, 2.05) is 9.80 Å². The number of aryl methyl sites for hydroxylation is 1. The second-order valence-corrected chi connectivity index (χ2v) is 8.09. The molecule has 4 heterocycles. The van der Waals surface area contributed by atoms with Crippen LogP contribution in [0, 0.1) is 18.8 Å². The van der Waals surface area contributed by atoms with E-state index in [0.717, 1.165) is 57.7 Å². The maximum absolute atomic E-state index is 13.0. The maximum Gasteiger partial charge on any atom is 0.226 e. The molecular formula is C19H29N5O3. The number of carbonyl (C=O) groups excluding carboxylic acids is 2. The predicted octanol–water partition coefficient (Wildman–Crippen LogP) is 0.932. The minimum absolute atomic E-state index is 0.0642. The Bertz CT molecular complexity index is 677. The first kappa shape index (κ1) is 18.4. The fourth-order valence-corrected chi connectivity index (χ4v) is 4.61. The van der Waals surface area contributed by atoms with Gasteiger partial charge >= 0.3 is 0 Å². The third-order valence-electron chi connectivity index (χ3n) is 6.18. The lowest BCUT2D eigenvalue weighted by Crippen LogP contribution is -2.50. The largest absolute Gasteiger partial charge is 0.342 e. The molecule has 1 aromatic heterocycles. The summed E-state index contributed by atoms with van der Waals surface area (Å²) in [4.78, 5) is 33.9. The van der Waals surface area contributed by atoms with Crippen molar-refractivity contribution in [3.63, 3.8) is 0 Å². The highest BCUT2D eigenvalue weighted by Gasteiger charge is 2.37. The van der Waals surface area contributed by atoms with Crippen molar-refractivity contribution in [2.45, 2.75) is 44.9 Å². The molecule has 27 heavy (non-hydrogen) atoms. The van der Waals surface area contributed by atoms with E-state index >= 15 is 0 Å². The van der Waals surface area contributed by atoms with Gasteiger partial charge in [0.2, 0.25) is 17.7 Å². The average Bonchev–Trinajstić information content (AvgIpc) is 3.39. The zero-order valence-electron chi connectivity index (χ0n) is 16.0. The maximum atomic E-state index is 13.0. The Balaban J connectivity index is 1.30. The number of amides is 2. The number of aromatic nitrogens is 2. The standard InChI is InChI=1S/C19H29N5O3/c1-13-21-17(22-27-13)14-4-8-24(9-5-14)19(26)16-10-15(11-20-12-16)18(25)23-6-2-3-7-23/h14-16,20H,2-12H2,1H3/t15-,16-/m1/s1. The van der Waals surface area contributed by atoms with Crippen LogP contribution in [0.15, 0.2) is 4.52 Å². The van der Waals surface area contributed by atoms with Crippen molar-refractivity contribution in [3.8, 4) is 0 Å². The van der Waals surface area contributed by atoms with Gasteiger partial charge in [0.05, 0.1) is 11.8 Å². The van der Waals surface area contributed by atoms with Gasteiger partial charge in [-0.25, -0.2) is 0 Å². The van der Waals surface area contributed by atoms with Gasteiger partial charge in [0.1, 0.15) is 0 Å². The molecule has 148 valence electrons. The first-order valence-corrected chi connectivity index (χ1v) is 10.2. The molecule has 3 saturated heterocycles. The monoisotopic (exact) mass is 375 g/mol. The molecule has 8 nitrogen and oxygen atoms in total. The van der Waals surface area contributed by atoms with E-state index in [4.69, 9.17) is 4.52 Å². The summed E-state index contributed by atoms with van der Waals surface area (Å²) in [7, 11) is 0. The van der Waals surface area contributed by atoms with E-state index in [-0.39, 0.29) is 29.6 Å². The third kappa shape index (κ3) is 4.00. The lowest BCUT2D eigenvalue weighted by atomic mass is 9.87. The third-order valence-corrected chi connectivity index (χ3v) is 6.18. The summed E-state index contributed by atoms with van der Waals surface area (Å²) in [6.45, 7) is 6.35. The van der Waals surface area contributed by atoms with Gasteiger partial charge in [-0.3, -0.25) is 9.59 Å². The summed E-state index contributed by atoms with van der Waals surface area (Å²) in [6, 6.07) is 0. The van der Waals surface area contributed by atoms with Crippen molar-refractivity contribution in [2.24, 2.45) is 11.8 Å². The van der Waals surface area contributed by atoms with E-state index in [9.17, 15) is 9.59 Å². The van der Waals surface area contributed by atoms with Crippen molar-refractivity contribution in [3.05, 3.63) is 11.7 Å². The smallest absolute Gasteiger partial charge is 0.226 e. The zero-order chi connectivity index (χ0) is 18.8. The van der Waals surface area contributed by atoms with E-state index in [1.165, 1.54) is 0 Å². The molecule has 0 aliphatic carbocycles. The molecule has 0 aromatic carbocycles. The van der Waals surface area contributed by atoms with Crippen LogP contribution in [0.4, 0.5) is 0 Å². The van der Waals surface area contributed by atoms with E-state index in [2.05, 4.69) is 15.5 Å². The summed E-state index contributed by atoms with van der Waals surface area (Å²) in [5, 5.41) is 7.34. The van der Waals surface area contributed by atoms with Crippen molar-refractivity contribution in [1.29, 1.82) is 0 Å². The van der Waals surface area contributed by atoms with Crippen molar-refractivity contribution < 1.29 is 14.1 Å². The Kier molecular flexibility index (Phi) is 5.43. The molecule has 1 aromatic rings. The van der Waals surface area contributed by atoms with E-state index < -0.39 is 0 Å². The molecule has 2 amide bonds. The lowest BCUT2D eigenvalue weighted by Gasteiger charge is -2.36. The molecule has 8 heteroatoms. The zero-order valence-corrected chi connectivity index (χ0v) is 16.0. The van der Waals surface area contributed by atoms with Crippen LogP contribution in [0.2, 0.25) is 0 Å². The fourth-order valence-electron chi connectivity index (χ4n) is 4.61. The molecule has 0 spiro atoms. The van der Waals surface area contributed by atoms with Crippen LogP contribution in [0.5, 0.6) is 0 Å². The van der Waals surface area contributed by atoms with Gasteiger partial charge in [-0.1, -0.05) is 5.16 Å². The molecular weight excluding hydrogens is 346 g/mol. The minimum Gasteiger partial charge on any atom is -0.342 e. The van der Waals surface area contributed by atoms with Gasteiger partial charge in [-0.2, -0.15) is 4.98 Å². The molecule has 3 fully saturated rings. The number of carbonyl (C=O) groups is 2. The van der Waals surface area contributed by atoms with Gasteiger partial charge in [-0.05, 0) is 32.1 Å². The molecule has 0 saturated carbocycles. The summed E-state index contributed by atoms with van der Waals surface area (Å²) >= 11 is 0. The summed E-state index contributed by atoms with van der Waals surface area (Å²) in [5.74, 6) is 1.86. The molecule has 4 rings (SSSR count). The fraction of sp³-hybridized carbons (Fsp3) is 0.789. The number of hydrogen-bond donors (Lipinski definition) is 1. The number of nitrogens with zero attached hydrogens (tertiary/aromatic N) is 4. The van der Waals surface area contributed by atoms with Gasteiger partial charge in [-0.15, -0.1) is 0 Å². The number of hydrogen-bond acceptors (Lipinski definition) is 6. The Morgan fingerprint density at radius 3 is 2.15 bits per heavy atom. The Morgan fingerprint density at radius 2 is 1.59 bits per heavy atom. The average molecular weight is 375 g/mol. The van der Waals surface area contributed by atoms with Crippen LogP contribution < -0.4 is 5.32 Å². The van der Waals surface area contributed by atoms with Gasteiger partial charge in [0.15, 0.2) is 5.82 Å². The number of likely N-dealkylation sites (tertiary alicyclic amines) is 2. The van der Waals surface area contributed by atoms with Crippen molar-refractivity contribution in [2.75, 3.05) is 39.3 Å². The first-order valence-electron chi connectivity index (χ1n) is 10.2. The molecule has 3 aliphatic rings. The molecule has 2 atom stereocenters. The van der Waals surface area contributed by atoms with E-state index in [1.54, 1.807) is 6.92 Å². The molecule has 0 unspecified atom stereocenters. The van der Waals surface area contributed by atoms with Gasteiger partial charge < -0.3 is 19.6 Å². The van der Waals surface area contributed by atoms with Crippen molar-refractivity contribution in [1.82, 2.24) is 25.3 Å². The normalized spacial score (nSPS) is 27.1. The first-order chi connectivity index (χ1) is 13.1. The number of piperidine rings is 2. The highest BCUT2D eigenvalue weighted by Crippen LogP contribution is 2.28. The second kappa shape index (κ2) is 7.96. The van der Waals surface area contributed by atoms with Crippen LogP contribution >= 0.6 is 0 Å². The van der Waals surface area contributed by atoms with Gasteiger partial charge in [0.25, 0.3) is 0 Å². The SMILES string of the molecule is Cc1nc(C2CCN(C(=O)[C@H]3CNC[C@H](C(=O)N4CCCC4)C3)CC2)no1. The van der Waals surface area contributed by atoms with E-state index in [0.29, 0.717) is 25.4 Å².